The van der Waals surface area contributed by atoms with Crippen molar-refractivity contribution in [2.24, 2.45) is 0 Å². The molecule has 0 unspecified atom stereocenters. The van der Waals surface area contributed by atoms with Gasteiger partial charge < -0.3 is 0 Å². The van der Waals surface area contributed by atoms with Crippen molar-refractivity contribution in [3.63, 3.8) is 0 Å². The molecule has 0 amide bonds. The first kappa shape index (κ1) is 13.2. The van der Waals surface area contributed by atoms with Crippen molar-refractivity contribution in [2.45, 2.75) is 10.2 Å². The molecule has 1 rings (SSSR count). The molecular weight excluding hydrogens is 371 g/mol. The third kappa shape index (κ3) is 3.32. The molecule has 0 saturated carbocycles. The Balaban J connectivity index is 3.44. The highest BCUT2D eigenvalue weighted by atomic mass is 79.9. The molecule has 0 radical (unpaired) electrons. The van der Waals surface area contributed by atoms with Gasteiger partial charge in [-0.05, 0) is 23.8 Å². The van der Waals surface area contributed by atoms with Gasteiger partial charge in [0, 0.05) is 9.80 Å². The molecule has 0 nitrogen and oxygen atoms in total. The van der Waals surface area contributed by atoms with Crippen molar-refractivity contribution in [1.82, 2.24) is 0 Å². The van der Waals surface area contributed by atoms with Crippen LogP contribution in [0.2, 0.25) is 0 Å². The molecule has 0 saturated heterocycles. The number of benzene rings is 1. The highest BCUT2D eigenvalue weighted by Crippen LogP contribution is 3.02. The Bertz CT molecular complexity index is 399. The molecule has 1 aromatic carbocycles. The van der Waals surface area contributed by atoms with E-state index in [1.54, 1.807) is 0 Å². The quantitative estimate of drug-likeness (QED) is 0.439. The maximum absolute atomic E-state index is 12.4. The first-order chi connectivity index (χ1) is 6.44. The van der Waals surface area contributed by atoms with Crippen LogP contribution < -0.4 is 0 Å². The van der Waals surface area contributed by atoms with Gasteiger partial charge in [0.1, 0.15) is 4.90 Å². The van der Waals surface area contributed by atoms with Crippen LogP contribution in [0.25, 0.3) is 0 Å². The highest BCUT2D eigenvalue weighted by Gasteiger charge is 2.65. The predicted octanol–water partition coefficient (Wildman–Crippen LogP) is 6.00. The second-order valence-electron chi connectivity index (χ2n) is 2.86. The summed E-state index contributed by atoms with van der Waals surface area (Å²) in [7, 11) is -9.55. The smallest absolute Gasteiger partial charge is 0.0936 e. The van der Waals surface area contributed by atoms with E-state index in [-0.39, 0.29) is 10.9 Å². The van der Waals surface area contributed by atoms with E-state index in [1.165, 1.54) is 0 Å². The van der Waals surface area contributed by atoms with E-state index in [9.17, 15) is 19.4 Å². The molecule has 0 heterocycles. The number of rotatable bonds is 2. The van der Waals surface area contributed by atoms with Crippen molar-refractivity contribution >= 4 is 42.1 Å². The lowest BCUT2D eigenvalue weighted by Crippen LogP contribution is -2.06. The van der Waals surface area contributed by atoms with Crippen LogP contribution in [0.1, 0.15) is 5.56 Å². The minimum Gasteiger partial charge on any atom is -0.0936 e. The normalized spacial score (nSPS) is 17.0. The van der Waals surface area contributed by atoms with Crippen LogP contribution in [0.4, 0.5) is 19.4 Å². The Hall–Kier alpha value is 0.180. The van der Waals surface area contributed by atoms with E-state index in [4.69, 9.17) is 0 Å². The van der Waals surface area contributed by atoms with Crippen molar-refractivity contribution in [1.29, 1.82) is 0 Å². The van der Waals surface area contributed by atoms with Crippen molar-refractivity contribution in [3.05, 3.63) is 28.2 Å². The Morgan fingerprint density at radius 2 is 1.60 bits per heavy atom. The fourth-order valence-corrected chi connectivity index (χ4v) is 2.81. The molecule has 8 heteroatoms. The van der Waals surface area contributed by atoms with Crippen LogP contribution in [0.3, 0.4) is 0 Å². The molecule has 0 atom stereocenters. The molecule has 1 aromatic rings. The van der Waals surface area contributed by atoms with Gasteiger partial charge >= 0.3 is 10.2 Å². The molecule has 0 aromatic heterocycles. The van der Waals surface area contributed by atoms with Crippen LogP contribution in [-0.4, -0.2) is 0 Å². The van der Waals surface area contributed by atoms with Gasteiger partial charge in [0.2, 0.25) is 0 Å². The summed E-state index contributed by atoms with van der Waals surface area (Å²) in [5.74, 6) is 0. The zero-order valence-corrected chi connectivity index (χ0v) is 11.0. The summed E-state index contributed by atoms with van der Waals surface area (Å²) >= 11 is 5.88. The monoisotopic (exact) mass is 374 g/mol. The molecule has 0 N–H and O–H groups in total. The fraction of sp³-hybridized carbons (Fsp3) is 0.143. The highest BCUT2D eigenvalue weighted by molar-refractivity contribution is 9.10. The van der Waals surface area contributed by atoms with E-state index in [2.05, 4.69) is 31.9 Å². The molecule has 88 valence electrons. The van der Waals surface area contributed by atoms with E-state index in [0.717, 1.165) is 6.07 Å². The topological polar surface area (TPSA) is 0 Å². The standard InChI is InChI=1S/C7H5Br2F5S/c8-4-5-3-6(1-2-7(5)9)15(10,11,12,13)14/h1-3H,4H2. The zero-order chi connectivity index (χ0) is 12.0. The second-order valence-corrected chi connectivity index (χ2v) is 6.68. The van der Waals surface area contributed by atoms with Crippen LogP contribution in [0.15, 0.2) is 27.6 Å². The summed E-state index contributed by atoms with van der Waals surface area (Å²) in [5.41, 5.74) is 0.126. The minimum atomic E-state index is -9.55. The van der Waals surface area contributed by atoms with Crippen LogP contribution in [0.5, 0.6) is 0 Å². The van der Waals surface area contributed by atoms with E-state index in [1.807, 2.05) is 0 Å². The lowest BCUT2D eigenvalue weighted by molar-refractivity contribution is 0.364. The maximum Gasteiger partial charge on any atom is 0.310 e. The number of halogens is 7. The summed E-state index contributed by atoms with van der Waals surface area (Å²) in [5, 5.41) is 0.0647. The predicted molar refractivity (Wildman–Crippen MR) is 58.2 cm³/mol. The van der Waals surface area contributed by atoms with E-state index >= 15 is 0 Å². The Kier molecular flexibility index (Phi) is 2.74. The third-order valence-electron chi connectivity index (χ3n) is 1.61. The van der Waals surface area contributed by atoms with Gasteiger partial charge in [-0.15, -0.1) is 0 Å². The van der Waals surface area contributed by atoms with Gasteiger partial charge in [-0.2, -0.15) is 0 Å². The van der Waals surface area contributed by atoms with E-state index < -0.39 is 15.1 Å². The van der Waals surface area contributed by atoms with Gasteiger partial charge in [0.15, 0.2) is 0 Å². The lowest BCUT2D eigenvalue weighted by atomic mass is 10.2. The van der Waals surface area contributed by atoms with Crippen molar-refractivity contribution < 1.29 is 19.4 Å². The third-order valence-corrected chi connectivity index (χ3v) is 4.13. The van der Waals surface area contributed by atoms with Gasteiger partial charge in [-0.3, -0.25) is 0 Å². The van der Waals surface area contributed by atoms with Crippen molar-refractivity contribution in [2.75, 3.05) is 0 Å². The zero-order valence-electron chi connectivity index (χ0n) is 6.99. The number of hydrogen-bond acceptors (Lipinski definition) is 0. The molecule has 0 bridgehead atoms. The van der Waals surface area contributed by atoms with Gasteiger partial charge in [-0.1, -0.05) is 51.3 Å². The summed E-state index contributed by atoms with van der Waals surface area (Å²) in [4.78, 5) is -1.87. The van der Waals surface area contributed by atoms with Gasteiger partial charge in [0.25, 0.3) is 0 Å². The minimum absolute atomic E-state index is 0.0647. The summed E-state index contributed by atoms with van der Waals surface area (Å²) in [6.07, 6.45) is 0. The lowest BCUT2D eigenvalue weighted by Gasteiger charge is -2.40. The van der Waals surface area contributed by atoms with E-state index in [0.29, 0.717) is 16.6 Å². The molecule has 0 aliphatic heterocycles. The second kappa shape index (κ2) is 3.10. The Morgan fingerprint density at radius 3 is 2.00 bits per heavy atom. The maximum atomic E-state index is 12.4. The first-order valence-corrected chi connectivity index (χ1v) is 7.39. The molecule has 0 spiro atoms. The number of alkyl halides is 1. The first-order valence-electron chi connectivity index (χ1n) is 3.52. The Morgan fingerprint density at radius 1 is 1.07 bits per heavy atom. The number of hydrogen-bond donors (Lipinski definition) is 0. The molecule has 15 heavy (non-hydrogen) atoms. The molecule has 0 aliphatic carbocycles. The van der Waals surface area contributed by atoms with Crippen LogP contribution in [-0.2, 0) is 5.33 Å². The summed E-state index contributed by atoms with van der Waals surface area (Å²) in [6, 6.07) is 1.78. The molecular formula is C7H5Br2F5S. The van der Waals surface area contributed by atoms with Crippen LogP contribution >= 0.6 is 42.1 Å². The largest absolute Gasteiger partial charge is 0.310 e. The molecule has 0 aliphatic rings. The SMILES string of the molecule is FS(F)(F)(F)(F)c1ccc(Br)c(CBr)c1. The average molecular weight is 376 g/mol. The fourth-order valence-electron chi connectivity index (χ4n) is 0.893. The molecule has 0 fully saturated rings. The van der Waals surface area contributed by atoms with Crippen molar-refractivity contribution in [3.8, 4) is 0 Å². The van der Waals surface area contributed by atoms with Gasteiger partial charge in [-0.25, -0.2) is 0 Å². The van der Waals surface area contributed by atoms with Gasteiger partial charge in [0.05, 0.1) is 0 Å². The average Bonchev–Trinajstić information content (AvgIpc) is 2.00. The Labute approximate surface area is 99.8 Å². The summed E-state index contributed by atoms with van der Waals surface area (Å²) in [6.45, 7) is 0. The van der Waals surface area contributed by atoms with Crippen LogP contribution in [0, 0.1) is 0 Å². The summed E-state index contributed by atoms with van der Waals surface area (Å²) < 4.78 is 62.2.